The van der Waals surface area contributed by atoms with E-state index in [2.05, 4.69) is 15.4 Å². The fourth-order valence-electron chi connectivity index (χ4n) is 2.32. The highest BCUT2D eigenvalue weighted by atomic mass is 16.2. The van der Waals surface area contributed by atoms with Gasteiger partial charge < -0.3 is 5.32 Å². The van der Waals surface area contributed by atoms with E-state index < -0.39 is 0 Å². The maximum Gasteiger partial charge on any atom is 0.346 e. The fraction of sp³-hybridized carbons (Fsp3) is 0.385. The van der Waals surface area contributed by atoms with Crippen LogP contribution in [0.1, 0.15) is 18.7 Å². The predicted molar refractivity (Wildman–Crippen MR) is 72.3 cm³/mol. The summed E-state index contributed by atoms with van der Waals surface area (Å²) in [7, 11) is 0. The Balaban J connectivity index is 1.73. The molecule has 20 heavy (non-hydrogen) atoms. The van der Waals surface area contributed by atoms with Gasteiger partial charge in [-0.05, 0) is 25.0 Å². The first kappa shape index (κ1) is 12.6. The van der Waals surface area contributed by atoms with Crippen molar-refractivity contribution in [2.75, 3.05) is 5.32 Å². The summed E-state index contributed by atoms with van der Waals surface area (Å²) in [6.07, 6.45) is 6.01. The summed E-state index contributed by atoms with van der Waals surface area (Å²) in [5, 5.41) is 6.91. The maximum absolute atomic E-state index is 12.1. The molecular weight excluding hydrogens is 258 g/mol. The molecule has 3 rings (SSSR count). The first-order valence-corrected chi connectivity index (χ1v) is 6.60. The van der Waals surface area contributed by atoms with Crippen molar-refractivity contribution in [1.29, 1.82) is 0 Å². The van der Waals surface area contributed by atoms with Crippen molar-refractivity contribution in [1.82, 2.24) is 19.3 Å². The van der Waals surface area contributed by atoms with Crippen molar-refractivity contribution in [2.24, 2.45) is 0 Å². The quantitative estimate of drug-likeness (QED) is 0.878. The van der Waals surface area contributed by atoms with Gasteiger partial charge in [-0.25, -0.2) is 9.48 Å². The van der Waals surface area contributed by atoms with Crippen LogP contribution in [0.2, 0.25) is 0 Å². The molecule has 0 fully saturated rings. The monoisotopic (exact) mass is 273 g/mol. The topological polar surface area (TPSA) is 81.8 Å². The summed E-state index contributed by atoms with van der Waals surface area (Å²) in [4.78, 5) is 27.9. The average molecular weight is 273 g/mol. The SMILES string of the molecule is O=C(Cn1nc2n(c1=O)CCCC2)Nc1cccnc1. The molecule has 1 N–H and O–H groups in total. The molecule has 0 unspecified atom stereocenters. The Morgan fingerprint density at radius 1 is 1.40 bits per heavy atom. The van der Waals surface area contributed by atoms with Crippen LogP contribution in [-0.2, 0) is 24.3 Å². The molecule has 2 aromatic heterocycles. The zero-order chi connectivity index (χ0) is 13.9. The van der Waals surface area contributed by atoms with E-state index >= 15 is 0 Å². The van der Waals surface area contributed by atoms with Crippen molar-refractivity contribution in [3.63, 3.8) is 0 Å². The zero-order valence-electron chi connectivity index (χ0n) is 11.0. The van der Waals surface area contributed by atoms with Gasteiger partial charge in [0, 0.05) is 19.2 Å². The molecule has 0 aliphatic carbocycles. The number of aryl methyl sites for hydroxylation is 1. The molecule has 1 aliphatic heterocycles. The third kappa shape index (κ3) is 2.47. The minimum atomic E-state index is -0.282. The molecule has 0 radical (unpaired) electrons. The summed E-state index contributed by atoms with van der Waals surface area (Å²) in [5.74, 6) is 0.492. The predicted octanol–water partition coefficient (Wildman–Crippen LogP) is 0.415. The summed E-state index contributed by atoms with van der Waals surface area (Å²) in [5.41, 5.74) is 0.399. The van der Waals surface area contributed by atoms with E-state index in [-0.39, 0.29) is 18.1 Å². The number of carbonyl (C=O) groups is 1. The molecule has 0 spiro atoms. The Labute approximate surface area is 115 Å². The smallest absolute Gasteiger partial charge is 0.323 e. The molecule has 0 bridgehead atoms. The first-order chi connectivity index (χ1) is 9.74. The molecule has 0 saturated heterocycles. The lowest BCUT2D eigenvalue weighted by Gasteiger charge is -2.09. The zero-order valence-corrected chi connectivity index (χ0v) is 11.0. The van der Waals surface area contributed by atoms with Gasteiger partial charge in [0.1, 0.15) is 12.4 Å². The highest BCUT2D eigenvalue weighted by Gasteiger charge is 2.17. The van der Waals surface area contributed by atoms with E-state index in [0.29, 0.717) is 12.2 Å². The maximum atomic E-state index is 12.1. The van der Waals surface area contributed by atoms with Gasteiger partial charge in [-0.15, -0.1) is 0 Å². The molecule has 0 atom stereocenters. The fourth-order valence-corrected chi connectivity index (χ4v) is 2.32. The number of anilines is 1. The van der Waals surface area contributed by atoms with Crippen molar-refractivity contribution >= 4 is 11.6 Å². The Morgan fingerprint density at radius 3 is 3.05 bits per heavy atom. The summed E-state index contributed by atoms with van der Waals surface area (Å²) in [6.45, 7) is 0.617. The van der Waals surface area contributed by atoms with Gasteiger partial charge in [-0.2, -0.15) is 5.10 Å². The average Bonchev–Trinajstić information content (AvgIpc) is 2.77. The first-order valence-electron chi connectivity index (χ1n) is 6.60. The molecule has 7 nitrogen and oxygen atoms in total. The number of hydrogen-bond donors (Lipinski definition) is 1. The van der Waals surface area contributed by atoms with E-state index in [9.17, 15) is 9.59 Å². The molecule has 104 valence electrons. The van der Waals surface area contributed by atoms with Gasteiger partial charge in [-0.3, -0.25) is 14.3 Å². The Kier molecular flexibility index (Phi) is 3.32. The summed E-state index contributed by atoms with van der Waals surface area (Å²) in [6, 6.07) is 3.48. The molecule has 7 heteroatoms. The second-order valence-electron chi connectivity index (χ2n) is 4.76. The Hall–Kier alpha value is -2.44. The van der Waals surface area contributed by atoms with Crippen molar-refractivity contribution < 1.29 is 4.79 Å². The number of amides is 1. The molecule has 1 amide bonds. The highest BCUT2D eigenvalue weighted by Crippen LogP contribution is 2.09. The van der Waals surface area contributed by atoms with Crippen LogP contribution in [0.5, 0.6) is 0 Å². The second-order valence-corrected chi connectivity index (χ2v) is 4.76. The lowest BCUT2D eigenvalue weighted by Crippen LogP contribution is -2.30. The third-order valence-corrected chi connectivity index (χ3v) is 3.27. The van der Waals surface area contributed by atoms with Gasteiger partial charge in [0.05, 0.1) is 11.9 Å². The number of nitrogens with zero attached hydrogens (tertiary/aromatic N) is 4. The van der Waals surface area contributed by atoms with Gasteiger partial charge in [0.15, 0.2) is 0 Å². The van der Waals surface area contributed by atoms with Gasteiger partial charge in [0.25, 0.3) is 0 Å². The highest BCUT2D eigenvalue weighted by molar-refractivity contribution is 5.90. The van der Waals surface area contributed by atoms with Gasteiger partial charge in [0.2, 0.25) is 5.91 Å². The number of aromatic nitrogens is 4. The van der Waals surface area contributed by atoms with Crippen LogP contribution < -0.4 is 11.0 Å². The number of nitrogens with one attached hydrogen (secondary N) is 1. The standard InChI is InChI=1S/C13H15N5O2/c19-12(15-10-4-3-6-14-8-10)9-18-13(20)17-7-2-1-5-11(17)16-18/h3-4,6,8H,1-2,5,7,9H2,(H,15,19). The van der Waals surface area contributed by atoms with Crippen LogP contribution in [0.4, 0.5) is 5.69 Å². The van der Waals surface area contributed by atoms with Crippen molar-refractivity contribution in [3.05, 3.63) is 40.8 Å². The lowest BCUT2D eigenvalue weighted by atomic mass is 10.2. The number of carbonyl (C=O) groups excluding carboxylic acids is 1. The van der Waals surface area contributed by atoms with Gasteiger partial charge >= 0.3 is 5.69 Å². The van der Waals surface area contributed by atoms with Crippen LogP contribution in [0.25, 0.3) is 0 Å². The molecule has 3 heterocycles. The molecular formula is C13H15N5O2. The van der Waals surface area contributed by atoms with Crippen LogP contribution in [-0.4, -0.2) is 25.2 Å². The Bertz CT molecular complexity index is 674. The van der Waals surface area contributed by atoms with Crippen LogP contribution in [0, 0.1) is 0 Å². The summed E-state index contributed by atoms with van der Waals surface area (Å²) >= 11 is 0. The molecule has 0 saturated carbocycles. The lowest BCUT2D eigenvalue weighted by molar-refractivity contribution is -0.117. The normalized spacial score (nSPS) is 13.8. The minimum absolute atomic E-state index is 0.0757. The molecule has 0 aromatic carbocycles. The van der Waals surface area contributed by atoms with E-state index in [0.717, 1.165) is 25.1 Å². The largest absolute Gasteiger partial charge is 0.346 e. The van der Waals surface area contributed by atoms with E-state index in [4.69, 9.17) is 0 Å². The van der Waals surface area contributed by atoms with Crippen LogP contribution >= 0.6 is 0 Å². The van der Waals surface area contributed by atoms with E-state index in [1.165, 1.54) is 4.68 Å². The van der Waals surface area contributed by atoms with Crippen molar-refractivity contribution in [3.8, 4) is 0 Å². The van der Waals surface area contributed by atoms with Crippen molar-refractivity contribution in [2.45, 2.75) is 32.4 Å². The number of pyridine rings is 1. The second kappa shape index (κ2) is 5.28. The number of fused-ring (bicyclic) bond motifs is 1. The van der Waals surface area contributed by atoms with E-state index in [1.807, 2.05) is 0 Å². The van der Waals surface area contributed by atoms with Crippen LogP contribution in [0.3, 0.4) is 0 Å². The van der Waals surface area contributed by atoms with Gasteiger partial charge in [-0.1, -0.05) is 0 Å². The molecule has 2 aromatic rings. The number of rotatable bonds is 3. The molecule has 1 aliphatic rings. The third-order valence-electron chi connectivity index (χ3n) is 3.27. The minimum Gasteiger partial charge on any atom is -0.323 e. The van der Waals surface area contributed by atoms with E-state index in [1.54, 1.807) is 29.1 Å². The van der Waals surface area contributed by atoms with Crippen LogP contribution in [0.15, 0.2) is 29.3 Å². The Morgan fingerprint density at radius 2 is 2.30 bits per heavy atom. The summed E-state index contributed by atoms with van der Waals surface area (Å²) < 4.78 is 2.88. The number of hydrogen-bond acceptors (Lipinski definition) is 4.